The fourth-order valence-corrected chi connectivity index (χ4v) is 3.78. The Labute approximate surface area is 124 Å². The summed E-state index contributed by atoms with van der Waals surface area (Å²) in [7, 11) is 0. The highest BCUT2D eigenvalue weighted by molar-refractivity contribution is 6.31. The van der Waals surface area contributed by atoms with Gasteiger partial charge in [-0.1, -0.05) is 43.0 Å². The predicted molar refractivity (Wildman–Crippen MR) is 78.1 cm³/mol. The van der Waals surface area contributed by atoms with Crippen molar-refractivity contribution in [3.05, 3.63) is 34.3 Å². The van der Waals surface area contributed by atoms with Crippen LogP contribution in [0.2, 0.25) is 5.02 Å². The Kier molecular flexibility index (Phi) is 3.74. The molecule has 108 valence electrons. The molecule has 0 radical (unpaired) electrons. The second-order valence-corrected chi connectivity index (χ2v) is 6.50. The summed E-state index contributed by atoms with van der Waals surface area (Å²) in [4.78, 5) is 11.8. The van der Waals surface area contributed by atoms with E-state index in [9.17, 15) is 4.79 Å². The molecule has 20 heavy (non-hydrogen) atoms. The summed E-state index contributed by atoms with van der Waals surface area (Å²) in [5.74, 6) is 0.242. The van der Waals surface area contributed by atoms with Crippen molar-refractivity contribution in [2.24, 2.45) is 0 Å². The molecule has 0 spiro atoms. The van der Waals surface area contributed by atoms with Crippen LogP contribution >= 0.6 is 11.6 Å². The first-order chi connectivity index (χ1) is 9.67. The zero-order chi connectivity index (χ0) is 14.2. The number of carbonyl (C=O) groups is 1. The lowest BCUT2D eigenvalue weighted by Crippen LogP contribution is -2.32. The molecule has 0 bridgehead atoms. The highest BCUT2D eigenvalue weighted by Gasteiger charge is 2.51. The third-order valence-corrected chi connectivity index (χ3v) is 5.21. The molecule has 2 aliphatic carbocycles. The maximum atomic E-state index is 11.8. The molecule has 2 N–H and O–H groups in total. The molecule has 0 aromatic heterocycles. The minimum absolute atomic E-state index is 0.320. The average Bonchev–Trinajstić information content (AvgIpc) is 3.29. The van der Waals surface area contributed by atoms with Crippen LogP contribution in [0.4, 0.5) is 0 Å². The largest absolute Gasteiger partial charge is 0.289 e. The molecule has 1 amide bonds. The Hall–Kier alpha value is -1.06. The summed E-state index contributed by atoms with van der Waals surface area (Å²) in [5.41, 5.74) is 3.37. The van der Waals surface area contributed by atoms with Crippen LogP contribution in [0.15, 0.2) is 18.2 Å². The van der Waals surface area contributed by atoms with Gasteiger partial charge in [-0.15, -0.1) is 0 Å². The second-order valence-electron chi connectivity index (χ2n) is 6.09. The average molecular weight is 294 g/mol. The van der Waals surface area contributed by atoms with E-state index in [1.54, 1.807) is 5.48 Å². The molecule has 3 nitrogen and oxygen atoms in total. The Morgan fingerprint density at radius 1 is 1.25 bits per heavy atom. The second kappa shape index (κ2) is 5.38. The van der Waals surface area contributed by atoms with E-state index in [0.29, 0.717) is 5.92 Å². The molecular formula is C16H20ClNO2. The fourth-order valence-electron chi connectivity index (χ4n) is 3.45. The van der Waals surface area contributed by atoms with Gasteiger partial charge in [-0.25, -0.2) is 5.48 Å². The number of rotatable bonds is 3. The van der Waals surface area contributed by atoms with Crippen molar-refractivity contribution in [2.45, 2.75) is 56.3 Å². The lowest BCUT2D eigenvalue weighted by atomic mass is 9.83. The number of benzene rings is 1. The van der Waals surface area contributed by atoms with Crippen LogP contribution < -0.4 is 5.48 Å². The summed E-state index contributed by atoms with van der Waals surface area (Å²) in [6, 6.07) is 6.02. The van der Waals surface area contributed by atoms with Crippen molar-refractivity contribution in [3.8, 4) is 0 Å². The third kappa shape index (κ3) is 2.33. The molecule has 2 saturated carbocycles. The van der Waals surface area contributed by atoms with Crippen molar-refractivity contribution >= 4 is 17.5 Å². The normalized spacial score (nSPS) is 21.5. The first kappa shape index (κ1) is 13.9. The molecule has 0 unspecified atom stereocenters. The van der Waals surface area contributed by atoms with Gasteiger partial charge in [-0.2, -0.15) is 0 Å². The lowest BCUT2D eigenvalue weighted by molar-refractivity contribution is -0.131. The van der Waals surface area contributed by atoms with Crippen LogP contribution in [0.1, 0.15) is 62.0 Å². The summed E-state index contributed by atoms with van der Waals surface area (Å²) in [5, 5.41) is 9.64. The molecule has 0 saturated heterocycles. The zero-order valence-corrected chi connectivity index (χ0v) is 12.2. The standard InChI is InChI=1S/C16H20ClNO2/c17-14-10-12(16(8-9-16)15(19)18-20)6-7-13(14)11-4-2-1-3-5-11/h6-7,10-11,20H,1-5,8-9H2,(H,18,19). The van der Waals surface area contributed by atoms with Gasteiger partial charge in [0.2, 0.25) is 0 Å². The molecule has 3 rings (SSSR count). The quantitative estimate of drug-likeness (QED) is 0.655. The summed E-state index contributed by atoms with van der Waals surface area (Å²) < 4.78 is 0. The van der Waals surface area contributed by atoms with Gasteiger partial charge < -0.3 is 0 Å². The van der Waals surface area contributed by atoms with Crippen molar-refractivity contribution < 1.29 is 10.0 Å². The summed E-state index contributed by atoms with van der Waals surface area (Å²) in [6.45, 7) is 0. The molecule has 0 atom stereocenters. The summed E-state index contributed by atoms with van der Waals surface area (Å²) in [6.07, 6.45) is 7.85. The van der Waals surface area contributed by atoms with Gasteiger partial charge in [-0.05, 0) is 48.8 Å². The first-order valence-corrected chi connectivity index (χ1v) is 7.79. The Balaban J connectivity index is 1.86. The van der Waals surface area contributed by atoms with E-state index in [0.717, 1.165) is 23.4 Å². The van der Waals surface area contributed by atoms with Gasteiger partial charge in [0.25, 0.3) is 5.91 Å². The van der Waals surface area contributed by atoms with E-state index in [1.165, 1.54) is 37.7 Å². The van der Waals surface area contributed by atoms with Gasteiger partial charge >= 0.3 is 0 Å². The van der Waals surface area contributed by atoms with Crippen LogP contribution in [0.5, 0.6) is 0 Å². The monoisotopic (exact) mass is 293 g/mol. The maximum Gasteiger partial charge on any atom is 0.253 e. The first-order valence-electron chi connectivity index (χ1n) is 7.42. The van der Waals surface area contributed by atoms with Gasteiger partial charge in [0, 0.05) is 5.02 Å². The van der Waals surface area contributed by atoms with E-state index >= 15 is 0 Å². The molecule has 0 heterocycles. The number of amides is 1. The molecule has 4 heteroatoms. The van der Waals surface area contributed by atoms with Gasteiger partial charge in [0.15, 0.2) is 0 Å². The zero-order valence-electron chi connectivity index (χ0n) is 11.5. The number of halogens is 1. The number of carbonyl (C=O) groups excluding carboxylic acids is 1. The SMILES string of the molecule is O=C(NO)C1(c2ccc(C3CCCCC3)c(Cl)c2)CC1. The molecule has 1 aromatic carbocycles. The maximum absolute atomic E-state index is 11.8. The predicted octanol–water partition coefficient (Wildman–Crippen LogP) is 3.92. The highest BCUT2D eigenvalue weighted by Crippen LogP contribution is 2.49. The van der Waals surface area contributed by atoms with Gasteiger partial charge in [0.05, 0.1) is 5.41 Å². The minimum Gasteiger partial charge on any atom is -0.289 e. The Bertz CT molecular complexity index is 519. The fraction of sp³-hybridized carbons (Fsp3) is 0.562. The van der Waals surface area contributed by atoms with Gasteiger partial charge in [-0.3, -0.25) is 10.0 Å². The summed E-state index contributed by atoms with van der Waals surface area (Å²) >= 11 is 6.45. The van der Waals surface area contributed by atoms with Crippen LogP contribution in [0.3, 0.4) is 0 Å². The van der Waals surface area contributed by atoms with Crippen molar-refractivity contribution in [2.75, 3.05) is 0 Å². The topological polar surface area (TPSA) is 49.3 Å². The van der Waals surface area contributed by atoms with Crippen LogP contribution in [0, 0.1) is 0 Å². The van der Waals surface area contributed by atoms with Crippen molar-refractivity contribution in [1.82, 2.24) is 5.48 Å². The smallest absolute Gasteiger partial charge is 0.253 e. The third-order valence-electron chi connectivity index (χ3n) is 4.88. The Morgan fingerprint density at radius 3 is 2.50 bits per heavy atom. The molecule has 0 aliphatic heterocycles. The van der Waals surface area contributed by atoms with Gasteiger partial charge in [0.1, 0.15) is 0 Å². The van der Waals surface area contributed by atoms with Crippen molar-refractivity contribution in [1.29, 1.82) is 0 Å². The molecule has 2 fully saturated rings. The van der Waals surface area contributed by atoms with Crippen LogP contribution in [0.25, 0.3) is 0 Å². The van der Waals surface area contributed by atoms with Crippen LogP contribution in [-0.2, 0) is 10.2 Å². The van der Waals surface area contributed by atoms with E-state index < -0.39 is 5.41 Å². The van der Waals surface area contributed by atoms with E-state index in [2.05, 4.69) is 6.07 Å². The number of hydrogen-bond donors (Lipinski definition) is 2. The van der Waals surface area contributed by atoms with Crippen molar-refractivity contribution in [3.63, 3.8) is 0 Å². The van der Waals surface area contributed by atoms with E-state index in [1.807, 2.05) is 12.1 Å². The molecule has 2 aliphatic rings. The number of hydroxylamine groups is 1. The number of hydrogen-bond acceptors (Lipinski definition) is 2. The molecule has 1 aromatic rings. The minimum atomic E-state index is -0.552. The Morgan fingerprint density at radius 2 is 1.95 bits per heavy atom. The molecular weight excluding hydrogens is 274 g/mol. The van der Waals surface area contributed by atoms with Crippen LogP contribution in [-0.4, -0.2) is 11.1 Å². The van der Waals surface area contributed by atoms with E-state index in [-0.39, 0.29) is 5.91 Å². The highest BCUT2D eigenvalue weighted by atomic mass is 35.5. The lowest BCUT2D eigenvalue weighted by Gasteiger charge is -2.24. The van der Waals surface area contributed by atoms with E-state index in [4.69, 9.17) is 16.8 Å². The number of nitrogens with one attached hydrogen (secondary N) is 1.